The van der Waals surface area contributed by atoms with Gasteiger partial charge < -0.3 is 9.47 Å². The third-order valence-electron chi connectivity index (χ3n) is 4.71. The summed E-state index contributed by atoms with van der Waals surface area (Å²) in [6, 6.07) is 0. The van der Waals surface area contributed by atoms with Crippen LogP contribution >= 0.6 is 0 Å². The van der Waals surface area contributed by atoms with Crippen molar-refractivity contribution in [2.24, 2.45) is 11.8 Å². The minimum atomic E-state index is -0.362. The second-order valence-electron chi connectivity index (χ2n) is 5.39. The predicted molar refractivity (Wildman–Crippen MR) is 58.8 cm³/mol. The zero-order valence-electron chi connectivity index (χ0n) is 9.70. The van der Waals surface area contributed by atoms with Crippen LogP contribution in [-0.4, -0.2) is 23.8 Å². The van der Waals surface area contributed by atoms with Crippen LogP contribution in [-0.2, 0) is 14.3 Å². The molecule has 3 rings (SSSR count). The zero-order chi connectivity index (χ0) is 11.4. The fourth-order valence-corrected chi connectivity index (χ4v) is 3.91. The van der Waals surface area contributed by atoms with E-state index in [1.54, 1.807) is 0 Å². The van der Waals surface area contributed by atoms with Crippen LogP contribution in [0.1, 0.15) is 32.6 Å². The van der Waals surface area contributed by atoms with E-state index in [0.717, 1.165) is 25.7 Å². The molecule has 16 heavy (non-hydrogen) atoms. The van der Waals surface area contributed by atoms with Gasteiger partial charge in [-0.2, -0.15) is 0 Å². The fraction of sp³-hybridized carbons (Fsp3) is 0.769. The molecule has 0 aromatic heterocycles. The molecule has 3 nitrogen and oxygen atoms in total. The van der Waals surface area contributed by atoms with Crippen LogP contribution in [0, 0.1) is 11.8 Å². The second-order valence-corrected chi connectivity index (χ2v) is 5.39. The SMILES string of the molecule is C=CCCO[C@]12[C@@H]3CC[C@@]1(C)OC(=O)[C@H]2C3. The molecule has 3 aliphatic rings. The Balaban J connectivity index is 1.86. The van der Waals surface area contributed by atoms with Crippen LogP contribution in [0.15, 0.2) is 12.7 Å². The lowest BCUT2D eigenvalue weighted by Gasteiger charge is -2.49. The van der Waals surface area contributed by atoms with Crippen molar-refractivity contribution >= 4 is 5.97 Å². The summed E-state index contributed by atoms with van der Waals surface area (Å²) < 4.78 is 11.6. The van der Waals surface area contributed by atoms with Crippen LogP contribution in [0.2, 0.25) is 0 Å². The van der Waals surface area contributed by atoms with Gasteiger partial charge in [-0.05, 0) is 38.5 Å². The molecule has 4 atom stereocenters. The molecule has 0 radical (unpaired) electrons. The molecule has 0 aromatic rings. The van der Waals surface area contributed by atoms with E-state index in [2.05, 4.69) is 6.58 Å². The molecule has 0 spiro atoms. The van der Waals surface area contributed by atoms with E-state index in [1.165, 1.54) is 0 Å². The smallest absolute Gasteiger partial charge is 0.312 e. The number of ether oxygens (including phenoxy) is 2. The van der Waals surface area contributed by atoms with Crippen LogP contribution in [0.5, 0.6) is 0 Å². The number of carbonyl (C=O) groups is 1. The molecular weight excluding hydrogens is 204 g/mol. The average molecular weight is 222 g/mol. The van der Waals surface area contributed by atoms with Gasteiger partial charge in [-0.15, -0.1) is 6.58 Å². The molecule has 0 amide bonds. The highest BCUT2D eigenvalue weighted by molar-refractivity contribution is 5.80. The minimum Gasteiger partial charge on any atom is -0.456 e. The first kappa shape index (κ1) is 10.3. The molecule has 1 heterocycles. The lowest BCUT2D eigenvalue weighted by atomic mass is 9.60. The number of rotatable bonds is 4. The van der Waals surface area contributed by atoms with Crippen LogP contribution < -0.4 is 0 Å². The molecule has 3 heteroatoms. The summed E-state index contributed by atoms with van der Waals surface area (Å²) in [5.41, 5.74) is -0.661. The topological polar surface area (TPSA) is 35.5 Å². The van der Waals surface area contributed by atoms with E-state index in [0.29, 0.717) is 12.5 Å². The molecule has 0 bridgehead atoms. The quantitative estimate of drug-likeness (QED) is 0.415. The maximum absolute atomic E-state index is 11.7. The Morgan fingerprint density at radius 1 is 1.69 bits per heavy atom. The van der Waals surface area contributed by atoms with Crippen LogP contribution in [0.25, 0.3) is 0 Å². The molecule has 0 unspecified atom stereocenters. The van der Waals surface area contributed by atoms with E-state index >= 15 is 0 Å². The maximum Gasteiger partial charge on any atom is 0.312 e. The first-order chi connectivity index (χ1) is 7.64. The van der Waals surface area contributed by atoms with Crippen molar-refractivity contribution in [2.75, 3.05) is 6.61 Å². The summed E-state index contributed by atoms with van der Waals surface area (Å²) in [6.45, 7) is 6.39. The van der Waals surface area contributed by atoms with Crippen molar-refractivity contribution in [2.45, 2.75) is 43.8 Å². The van der Waals surface area contributed by atoms with Gasteiger partial charge in [-0.25, -0.2) is 0 Å². The van der Waals surface area contributed by atoms with E-state index in [1.807, 2.05) is 13.0 Å². The standard InChI is InChI=1S/C13H18O3/c1-3-4-7-15-13-9-5-6-12(13,2)16-11(14)10(13)8-9/h3,9-10H,1,4-8H2,2H3/t9-,10-,12-,13+/m1/s1. The molecule has 2 saturated carbocycles. The zero-order valence-corrected chi connectivity index (χ0v) is 9.70. The van der Waals surface area contributed by atoms with Crippen molar-refractivity contribution < 1.29 is 14.3 Å². The minimum absolute atomic E-state index is 0.00480. The summed E-state index contributed by atoms with van der Waals surface area (Å²) in [7, 11) is 0. The first-order valence-electron chi connectivity index (χ1n) is 6.12. The molecule has 0 aromatic carbocycles. The van der Waals surface area contributed by atoms with E-state index < -0.39 is 0 Å². The predicted octanol–water partition coefficient (Wildman–Crippen LogP) is 2.06. The number of hydrogen-bond acceptors (Lipinski definition) is 3. The molecule has 2 aliphatic carbocycles. The van der Waals surface area contributed by atoms with Crippen molar-refractivity contribution in [3.63, 3.8) is 0 Å². The largest absolute Gasteiger partial charge is 0.456 e. The molecular formula is C13H18O3. The summed E-state index contributed by atoms with van der Waals surface area (Å²) >= 11 is 0. The van der Waals surface area contributed by atoms with Gasteiger partial charge in [0.15, 0.2) is 0 Å². The first-order valence-corrected chi connectivity index (χ1v) is 6.12. The van der Waals surface area contributed by atoms with Gasteiger partial charge in [0.25, 0.3) is 0 Å². The number of hydrogen-bond donors (Lipinski definition) is 0. The van der Waals surface area contributed by atoms with Gasteiger partial charge in [0, 0.05) is 0 Å². The summed E-state index contributed by atoms with van der Waals surface area (Å²) in [5.74, 6) is 0.477. The highest BCUT2D eigenvalue weighted by Crippen LogP contribution is 2.66. The van der Waals surface area contributed by atoms with Gasteiger partial charge in [0.05, 0.1) is 12.5 Å². The second kappa shape index (κ2) is 3.10. The maximum atomic E-state index is 11.7. The van der Waals surface area contributed by atoms with Crippen LogP contribution in [0.3, 0.4) is 0 Å². The number of carbonyl (C=O) groups excluding carboxylic acids is 1. The van der Waals surface area contributed by atoms with Crippen molar-refractivity contribution in [1.29, 1.82) is 0 Å². The van der Waals surface area contributed by atoms with Gasteiger partial charge in [-0.3, -0.25) is 4.79 Å². The lowest BCUT2D eigenvalue weighted by Crippen LogP contribution is -2.61. The lowest BCUT2D eigenvalue weighted by molar-refractivity contribution is -0.198. The van der Waals surface area contributed by atoms with E-state index in [4.69, 9.17) is 9.47 Å². The third kappa shape index (κ3) is 0.956. The van der Waals surface area contributed by atoms with Gasteiger partial charge in [0.1, 0.15) is 11.2 Å². The van der Waals surface area contributed by atoms with Gasteiger partial charge in [-0.1, -0.05) is 6.08 Å². The average Bonchev–Trinajstić information content (AvgIpc) is 2.47. The summed E-state index contributed by atoms with van der Waals surface area (Å²) in [6.07, 6.45) is 5.74. The normalized spacial score (nSPS) is 48.4. The Kier molecular flexibility index (Phi) is 2.00. The Hall–Kier alpha value is -0.830. The monoisotopic (exact) mass is 222 g/mol. The van der Waals surface area contributed by atoms with Crippen molar-refractivity contribution in [3.05, 3.63) is 12.7 Å². The molecule has 0 N–H and O–H groups in total. The number of esters is 1. The highest BCUT2D eigenvalue weighted by atomic mass is 16.6. The molecule has 88 valence electrons. The van der Waals surface area contributed by atoms with Crippen LogP contribution in [0.4, 0.5) is 0 Å². The van der Waals surface area contributed by atoms with Crippen molar-refractivity contribution in [1.82, 2.24) is 0 Å². The summed E-state index contributed by atoms with van der Waals surface area (Å²) in [5, 5.41) is 0. The highest BCUT2D eigenvalue weighted by Gasteiger charge is 2.77. The van der Waals surface area contributed by atoms with Crippen molar-refractivity contribution in [3.8, 4) is 0 Å². The molecule has 3 fully saturated rings. The Bertz CT molecular complexity index is 351. The Labute approximate surface area is 95.8 Å². The van der Waals surface area contributed by atoms with Gasteiger partial charge in [0.2, 0.25) is 0 Å². The summed E-state index contributed by atoms with van der Waals surface area (Å²) in [4.78, 5) is 11.7. The Morgan fingerprint density at radius 3 is 3.25 bits per heavy atom. The molecule has 1 saturated heterocycles. The van der Waals surface area contributed by atoms with E-state index in [9.17, 15) is 4.79 Å². The Morgan fingerprint density at radius 2 is 2.50 bits per heavy atom. The van der Waals surface area contributed by atoms with Gasteiger partial charge >= 0.3 is 5.97 Å². The third-order valence-corrected chi connectivity index (χ3v) is 4.71. The molecule has 1 aliphatic heterocycles. The fourth-order valence-electron chi connectivity index (χ4n) is 3.91. The van der Waals surface area contributed by atoms with E-state index in [-0.39, 0.29) is 23.1 Å².